The summed E-state index contributed by atoms with van der Waals surface area (Å²) >= 11 is 0. The molecule has 1 aromatic rings. The lowest BCUT2D eigenvalue weighted by Crippen LogP contribution is -2.38. The highest BCUT2D eigenvalue weighted by Gasteiger charge is 2.21. The second-order valence-electron chi connectivity index (χ2n) is 5.64. The van der Waals surface area contributed by atoms with Crippen LogP contribution in [0.2, 0.25) is 0 Å². The van der Waals surface area contributed by atoms with Crippen LogP contribution in [-0.2, 0) is 14.8 Å². The minimum absolute atomic E-state index is 0.0602. The van der Waals surface area contributed by atoms with Crippen LogP contribution in [0.5, 0.6) is 0 Å². The van der Waals surface area contributed by atoms with E-state index in [-0.39, 0.29) is 29.5 Å². The number of aliphatic carboxylic acids is 1. The summed E-state index contributed by atoms with van der Waals surface area (Å²) in [5.41, 5.74) is 0.123. The lowest BCUT2D eigenvalue weighted by molar-refractivity contribution is -0.137. The third-order valence-corrected chi connectivity index (χ3v) is 4.43. The Bertz CT molecular complexity index is 713. The Morgan fingerprint density at radius 2 is 2.04 bits per heavy atom. The van der Waals surface area contributed by atoms with Crippen LogP contribution in [0.15, 0.2) is 41.8 Å². The lowest BCUT2D eigenvalue weighted by atomic mass is 10.1. The molecule has 0 aromatic heterocycles. The van der Waals surface area contributed by atoms with Gasteiger partial charge in [0.15, 0.2) is 0 Å². The van der Waals surface area contributed by atoms with Crippen LogP contribution in [0, 0.1) is 5.92 Å². The first kappa shape index (κ1) is 19.9. The van der Waals surface area contributed by atoms with Crippen LogP contribution >= 0.6 is 0 Å². The largest absolute Gasteiger partial charge is 0.480 e. The van der Waals surface area contributed by atoms with Gasteiger partial charge in [-0.15, -0.1) is 6.58 Å². The van der Waals surface area contributed by atoms with Gasteiger partial charge in [0.05, 0.1) is 4.90 Å². The van der Waals surface area contributed by atoms with E-state index in [1.165, 1.54) is 35.2 Å². The Morgan fingerprint density at radius 1 is 1.38 bits per heavy atom. The summed E-state index contributed by atoms with van der Waals surface area (Å²) in [5, 5.41) is 8.96. The lowest BCUT2D eigenvalue weighted by Gasteiger charge is -2.23. The van der Waals surface area contributed by atoms with Crippen LogP contribution in [0.3, 0.4) is 0 Å². The van der Waals surface area contributed by atoms with E-state index in [4.69, 9.17) is 5.11 Å². The molecule has 0 aliphatic carbocycles. The quantitative estimate of drug-likeness (QED) is 0.651. The molecule has 0 aliphatic rings. The van der Waals surface area contributed by atoms with Crippen molar-refractivity contribution < 1.29 is 23.1 Å². The zero-order valence-electron chi connectivity index (χ0n) is 13.7. The Balaban J connectivity index is 3.11. The fourth-order valence-electron chi connectivity index (χ4n) is 2.05. The van der Waals surface area contributed by atoms with Gasteiger partial charge in [0, 0.05) is 18.7 Å². The average molecular weight is 354 g/mol. The SMILES string of the molecule is C=CCNS(=O)(=O)c1cccc(C(=O)N(CC(=O)O)CC(C)C)c1. The summed E-state index contributed by atoms with van der Waals surface area (Å²) in [6.45, 7) is 7.05. The Morgan fingerprint density at radius 3 is 2.58 bits per heavy atom. The summed E-state index contributed by atoms with van der Waals surface area (Å²) < 4.78 is 26.5. The van der Waals surface area contributed by atoms with Crippen molar-refractivity contribution >= 4 is 21.9 Å². The average Bonchev–Trinajstić information content (AvgIpc) is 2.51. The van der Waals surface area contributed by atoms with Crippen molar-refractivity contribution in [3.63, 3.8) is 0 Å². The molecule has 2 N–H and O–H groups in total. The standard InChI is InChI=1S/C16H22N2O5S/c1-4-8-17-24(22,23)14-7-5-6-13(9-14)16(21)18(10-12(2)3)11-15(19)20/h4-7,9,12,17H,1,8,10-11H2,2-3H3,(H,19,20). The van der Waals surface area contributed by atoms with Crippen molar-refractivity contribution in [2.75, 3.05) is 19.6 Å². The molecule has 0 bridgehead atoms. The van der Waals surface area contributed by atoms with Gasteiger partial charge in [-0.05, 0) is 24.1 Å². The molecule has 0 saturated carbocycles. The van der Waals surface area contributed by atoms with Gasteiger partial charge in [0.1, 0.15) is 6.54 Å². The summed E-state index contributed by atoms with van der Waals surface area (Å²) in [4.78, 5) is 24.6. The molecule has 0 fully saturated rings. The van der Waals surface area contributed by atoms with Gasteiger partial charge in [0.2, 0.25) is 10.0 Å². The normalized spacial score (nSPS) is 11.3. The zero-order chi connectivity index (χ0) is 18.3. The number of benzene rings is 1. The van der Waals surface area contributed by atoms with E-state index in [0.717, 1.165) is 0 Å². The van der Waals surface area contributed by atoms with Gasteiger partial charge in [-0.25, -0.2) is 13.1 Å². The third-order valence-electron chi connectivity index (χ3n) is 3.01. The van der Waals surface area contributed by atoms with Gasteiger partial charge < -0.3 is 10.0 Å². The molecule has 132 valence electrons. The fourth-order valence-corrected chi connectivity index (χ4v) is 3.10. The molecule has 8 heteroatoms. The Hall–Kier alpha value is -2.19. The fraction of sp³-hybridized carbons (Fsp3) is 0.375. The highest BCUT2D eigenvalue weighted by Crippen LogP contribution is 2.14. The van der Waals surface area contributed by atoms with E-state index in [1.807, 2.05) is 13.8 Å². The number of carbonyl (C=O) groups excluding carboxylic acids is 1. The van der Waals surface area contributed by atoms with Crippen molar-refractivity contribution in [3.05, 3.63) is 42.5 Å². The van der Waals surface area contributed by atoms with Crippen molar-refractivity contribution in [2.24, 2.45) is 5.92 Å². The van der Waals surface area contributed by atoms with E-state index in [1.54, 1.807) is 0 Å². The number of amides is 1. The highest BCUT2D eigenvalue weighted by molar-refractivity contribution is 7.89. The molecule has 0 saturated heterocycles. The molecule has 24 heavy (non-hydrogen) atoms. The monoisotopic (exact) mass is 354 g/mol. The first-order chi connectivity index (χ1) is 11.2. The molecule has 0 unspecified atom stereocenters. The van der Waals surface area contributed by atoms with Gasteiger partial charge in [-0.2, -0.15) is 0 Å². The molecule has 0 heterocycles. The van der Waals surface area contributed by atoms with Gasteiger partial charge >= 0.3 is 5.97 Å². The first-order valence-electron chi connectivity index (χ1n) is 7.39. The van der Waals surface area contributed by atoms with Gasteiger partial charge in [0.25, 0.3) is 5.91 Å². The van der Waals surface area contributed by atoms with Crippen molar-refractivity contribution in [1.82, 2.24) is 9.62 Å². The van der Waals surface area contributed by atoms with Crippen LogP contribution in [0.25, 0.3) is 0 Å². The molecule has 0 radical (unpaired) electrons. The molecule has 0 spiro atoms. The number of carbonyl (C=O) groups is 2. The third kappa shape index (κ3) is 5.78. The summed E-state index contributed by atoms with van der Waals surface area (Å²) in [5.74, 6) is -1.57. The number of hydrogen-bond donors (Lipinski definition) is 2. The van der Waals surface area contributed by atoms with Crippen LogP contribution in [-0.4, -0.2) is 49.9 Å². The van der Waals surface area contributed by atoms with E-state index in [0.29, 0.717) is 0 Å². The van der Waals surface area contributed by atoms with Gasteiger partial charge in [-0.3, -0.25) is 9.59 Å². The van der Waals surface area contributed by atoms with E-state index in [9.17, 15) is 18.0 Å². The molecular formula is C16H22N2O5S. The second-order valence-corrected chi connectivity index (χ2v) is 7.41. The van der Waals surface area contributed by atoms with E-state index < -0.39 is 28.4 Å². The molecule has 1 rings (SSSR count). The van der Waals surface area contributed by atoms with Crippen molar-refractivity contribution in [3.8, 4) is 0 Å². The number of rotatable bonds is 9. The molecular weight excluding hydrogens is 332 g/mol. The first-order valence-corrected chi connectivity index (χ1v) is 8.87. The number of nitrogens with one attached hydrogen (secondary N) is 1. The second kappa shape index (κ2) is 8.60. The number of hydrogen-bond acceptors (Lipinski definition) is 4. The summed E-state index contributed by atoms with van der Waals surface area (Å²) in [6.07, 6.45) is 1.41. The van der Waals surface area contributed by atoms with Crippen LogP contribution in [0.4, 0.5) is 0 Å². The molecule has 1 amide bonds. The zero-order valence-corrected chi connectivity index (χ0v) is 14.5. The number of nitrogens with zero attached hydrogens (tertiary/aromatic N) is 1. The number of carboxylic acid groups (broad SMARTS) is 1. The minimum atomic E-state index is -3.76. The van der Waals surface area contributed by atoms with E-state index in [2.05, 4.69) is 11.3 Å². The van der Waals surface area contributed by atoms with E-state index >= 15 is 0 Å². The molecule has 0 atom stereocenters. The Kier molecular flexibility index (Phi) is 7.12. The highest BCUT2D eigenvalue weighted by atomic mass is 32.2. The van der Waals surface area contributed by atoms with Crippen LogP contribution < -0.4 is 4.72 Å². The molecule has 1 aromatic carbocycles. The number of carboxylic acids is 1. The van der Waals surface area contributed by atoms with Crippen molar-refractivity contribution in [1.29, 1.82) is 0 Å². The molecule has 7 nitrogen and oxygen atoms in total. The maximum absolute atomic E-state index is 12.5. The summed E-state index contributed by atoms with van der Waals surface area (Å²) in [6, 6.07) is 5.52. The Labute approximate surface area is 142 Å². The summed E-state index contributed by atoms with van der Waals surface area (Å²) in [7, 11) is -3.76. The predicted octanol–water partition coefficient (Wildman–Crippen LogP) is 1.33. The van der Waals surface area contributed by atoms with Crippen molar-refractivity contribution in [2.45, 2.75) is 18.7 Å². The van der Waals surface area contributed by atoms with Crippen LogP contribution in [0.1, 0.15) is 24.2 Å². The minimum Gasteiger partial charge on any atom is -0.480 e. The predicted molar refractivity (Wildman–Crippen MR) is 90.2 cm³/mol. The smallest absolute Gasteiger partial charge is 0.323 e. The topological polar surface area (TPSA) is 104 Å². The maximum atomic E-state index is 12.5. The number of sulfonamides is 1. The van der Waals surface area contributed by atoms with Gasteiger partial charge in [-0.1, -0.05) is 26.0 Å². The molecule has 0 aliphatic heterocycles. The maximum Gasteiger partial charge on any atom is 0.323 e.